The number of rotatable bonds is 6. The third-order valence-corrected chi connectivity index (χ3v) is 8.60. The summed E-state index contributed by atoms with van der Waals surface area (Å²) in [6.07, 6.45) is 1.74. The lowest BCUT2D eigenvalue weighted by Gasteiger charge is -2.15. The highest BCUT2D eigenvalue weighted by molar-refractivity contribution is 8.01. The maximum Gasteiger partial charge on any atom is 0.235 e. The average Bonchev–Trinajstić information content (AvgIpc) is 3.38. The van der Waals surface area contributed by atoms with Crippen molar-refractivity contribution in [2.75, 3.05) is 17.7 Å². The van der Waals surface area contributed by atoms with Crippen LogP contribution in [0.4, 0.5) is 5.00 Å². The number of nitrogens with one attached hydrogen (secondary N) is 1. The van der Waals surface area contributed by atoms with Crippen molar-refractivity contribution in [1.29, 1.82) is 5.26 Å². The van der Waals surface area contributed by atoms with E-state index in [2.05, 4.69) is 28.5 Å². The predicted octanol–water partition coefficient (Wildman–Crippen LogP) is 6.12. The number of carbonyl (C=O) groups excluding carboxylic acids is 1. The van der Waals surface area contributed by atoms with Gasteiger partial charge in [0.15, 0.2) is 4.34 Å². The van der Waals surface area contributed by atoms with E-state index in [4.69, 9.17) is 4.74 Å². The number of anilines is 1. The summed E-state index contributed by atoms with van der Waals surface area (Å²) in [5, 5.41) is 13.4. The molecule has 0 bridgehead atoms. The number of thiazole rings is 1. The molecule has 0 saturated heterocycles. The molecule has 1 aliphatic carbocycles. The molecule has 8 heteroatoms. The fraction of sp³-hybridized carbons (Fsp3) is 0.208. The van der Waals surface area contributed by atoms with Gasteiger partial charge >= 0.3 is 0 Å². The van der Waals surface area contributed by atoms with Gasteiger partial charge in [-0.1, -0.05) is 36.0 Å². The van der Waals surface area contributed by atoms with Crippen LogP contribution in [0.5, 0.6) is 5.75 Å². The van der Waals surface area contributed by atoms with E-state index in [9.17, 15) is 10.1 Å². The number of thiophene rings is 1. The number of hydrogen-bond donors (Lipinski definition) is 1. The van der Waals surface area contributed by atoms with Crippen molar-refractivity contribution in [2.24, 2.45) is 0 Å². The number of thioether (sulfide) groups is 1. The molecule has 5 rings (SSSR count). The number of nitriles is 1. The van der Waals surface area contributed by atoms with Gasteiger partial charge in [0, 0.05) is 4.88 Å². The predicted molar refractivity (Wildman–Crippen MR) is 132 cm³/mol. The fourth-order valence-corrected chi connectivity index (χ4v) is 7.01. The topological polar surface area (TPSA) is 75.0 Å². The Morgan fingerprint density at radius 2 is 2.12 bits per heavy atom. The number of hydrogen-bond acceptors (Lipinski definition) is 7. The first-order valence-corrected chi connectivity index (χ1v) is 12.9. The molecular weight excluding hydrogens is 458 g/mol. The van der Waals surface area contributed by atoms with Gasteiger partial charge in [0.05, 0.1) is 28.1 Å². The Morgan fingerprint density at radius 1 is 1.25 bits per heavy atom. The fourth-order valence-electron chi connectivity index (χ4n) is 3.84. The molecule has 2 aromatic heterocycles. The standard InChI is InChI=1S/C24H19N3O2S3/c1-2-29-15-8-10-19-20(11-15)31-24(26-19)30-13-21(28)27-23-18(12-25)17-9-7-14-5-3-4-6-16(14)22(17)32-23/h3-6,8,10-11H,2,7,9,13H2,1H3,(H,27,28). The third kappa shape index (κ3) is 3.99. The summed E-state index contributed by atoms with van der Waals surface area (Å²) in [6.45, 7) is 2.58. The van der Waals surface area contributed by atoms with Crippen molar-refractivity contribution in [1.82, 2.24) is 4.98 Å². The lowest BCUT2D eigenvalue weighted by atomic mass is 9.90. The Balaban J connectivity index is 1.31. The van der Waals surface area contributed by atoms with E-state index in [1.165, 1.54) is 34.2 Å². The van der Waals surface area contributed by atoms with Crippen molar-refractivity contribution in [3.05, 3.63) is 59.2 Å². The van der Waals surface area contributed by atoms with Crippen LogP contribution in [-0.2, 0) is 17.6 Å². The first kappa shape index (κ1) is 21.0. The molecule has 5 nitrogen and oxygen atoms in total. The number of aromatic nitrogens is 1. The van der Waals surface area contributed by atoms with E-state index in [-0.39, 0.29) is 11.7 Å². The molecule has 4 aromatic rings. The zero-order valence-electron chi connectivity index (χ0n) is 17.3. The minimum absolute atomic E-state index is 0.132. The molecule has 0 aliphatic heterocycles. The summed E-state index contributed by atoms with van der Waals surface area (Å²) in [6, 6.07) is 16.4. The quantitative estimate of drug-likeness (QED) is 0.338. The molecule has 32 heavy (non-hydrogen) atoms. The summed E-state index contributed by atoms with van der Waals surface area (Å²) in [5.41, 5.74) is 5.02. The highest BCUT2D eigenvalue weighted by Gasteiger charge is 2.25. The second-order valence-electron chi connectivity index (χ2n) is 7.26. The zero-order valence-corrected chi connectivity index (χ0v) is 19.8. The summed E-state index contributed by atoms with van der Waals surface area (Å²) < 4.78 is 7.42. The second kappa shape index (κ2) is 8.94. The second-order valence-corrected chi connectivity index (χ2v) is 10.5. The Labute approximate surface area is 198 Å². The van der Waals surface area contributed by atoms with Gasteiger partial charge in [-0.25, -0.2) is 4.98 Å². The van der Waals surface area contributed by atoms with Crippen molar-refractivity contribution in [3.8, 4) is 22.3 Å². The van der Waals surface area contributed by atoms with E-state index >= 15 is 0 Å². The van der Waals surface area contributed by atoms with Crippen LogP contribution in [0.15, 0.2) is 46.8 Å². The van der Waals surface area contributed by atoms with Gasteiger partial charge in [-0.3, -0.25) is 4.79 Å². The highest BCUT2D eigenvalue weighted by Crippen LogP contribution is 2.44. The van der Waals surface area contributed by atoms with Crippen LogP contribution in [0.1, 0.15) is 23.6 Å². The van der Waals surface area contributed by atoms with Crippen molar-refractivity contribution in [2.45, 2.75) is 24.1 Å². The molecule has 0 atom stereocenters. The smallest absolute Gasteiger partial charge is 0.235 e. The molecule has 1 N–H and O–H groups in total. The van der Waals surface area contributed by atoms with Crippen LogP contribution < -0.4 is 10.1 Å². The van der Waals surface area contributed by atoms with Crippen LogP contribution in [-0.4, -0.2) is 23.3 Å². The van der Waals surface area contributed by atoms with E-state index in [1.807, 2.05) is 37.3 Å². The first-order valence-electron chi connectivity index (χ1n) is 10.3. The van der Waals surface area contributed by atoms with Gasteiger partial charge in [-0.05, 0) is 54.7 Å². The van der Waals surface area contributed by atoms with E-state index < -0.39 is 0 Å². The van der Waals surface area contributed by atoms with Gasteiger partial charge in [0.25, 0.3) is 0 Å². The molecule has 0 radical (unpaired) electrons. The number of carbonyl (C=O) groups is 1. The number of nitrogens with zero attached hydrogens (tertiary/aromatic N) is 2. The Bertz CT molecular complexity index is 1370. The maximum absolute atomic E-state index is 12.7. The first-order chi connectivity index (χ1) is 15.7. The summed E-state index contributed by atoms with van der Waals surface area (Å²) >= 11 is 4.45. The summed E-state index contributed by atoms with van der Waals surface area (Å²) in [7, 11) is 0. The Morgan fingerprint density at radius 3 is 2.97 bits per heavy atom. The van der Waals surface area contributed by atoms with Crippen LogP contribution in [0.25, 0.3) is 20.7 Å². The maximum atomic E-state index is 12.7. The van der Waals surface area contributed by atoms with Crippen molar-refractivity contribution < 1.29 is 9.53 Å². The molecule has 2 heterocycles. The largest absolute Gasteiger partial charge is 0.494 e. The molecule has 0 spiro atoms. The molecule has 1 amide bonds. The van der Waals surface area contributed by atoms with E-state index in [1.54, 1.807) is 11.3 Å². The number of benzene rings is 2. The molecule has 1 aliphatic rings. The third-order valence-electron chi connectivity index (χ3n) is 5.26. The van der Waals surface area contributed by atoms with Gasteiger partial charge in [0.2, 0.25) is 5.91 Å². The minimum atomic E-state index is -0.132. The molecular formula is C24H19N3O2S3. The molecule has 2 aromatic carbocycles. The van der Waals surface area contributed by atoms with Crippen molar-refractivity contribution in [3.63, 3.8) is 0 Å². The Kier molecular flexibility index (Phi) is 5.87. The number of amides is 1. The van der Waals surface area contributed by atoms with Crippen LogP contribution in [0.3, 0.4) is 0 Å². The van der Waals surface area contributed by atoms with Gasteiger partial charge in [0.1, 0.15) is 16.8 Å². The average molecular weight is 478 g/mol. The number of ether oxygens (including phenoxy) is 1. The summed E-state index contributed by atoms with van der Waals surface area (Å²) in [5.74, 6) is 0.931. The monoisotopic (exact) mass is 477 g/mol. The lowest BCUT2D eigenvalue weighted by Crippen LogP contribution is -2.14. The van der Waals surface area contributed by atoms with E-state index in [0.29, 0.717) is 17.2 Å². The van der Waals surface area contributed by atoms with Gasteiger partial charge in [-0.15, -0.1) is 22.7 Å². The SMILES string of the molecule is CCOc1ccc2nc(SCC(=O)Nc3sc4c(c3C#N)CCc3ccccc3-4)sc2c1. The number of aryl methyl sites for hydroxylation is 1. The van der Waals surface area contributed by atoms with Gasteiger partial charge in [-0.2, -0.15) is 5.26 Å². The van der Waals surface area contributed by atoms with Crippen LogP contribution in [0.2, 0.25) is 0 Å². The normalized spacial score (nSPS) is 12.1. The molecule has 0 unspecified atom stereocenters. The van der Waals surface area contributed by atoms with Gasteiger partial charge < -0.3 is 10.1 Å². The lowest BCUT2D eigenvalue weighted by molar-refractivity contribution is -0.113. The summed E-state index contributed by atoms with van der Waals surface area (Å²) in [4.78, 5) is 18.4. The van der Waals surface area contributed by atoms with Crippen LogP contribution >= 0.6 is 34.4 Å². The zero-order chi connectivity index (χ0) is 22.1. The van der Waals surface area contributed by atoms with Crippen LogP contribution in [0, 0.1) is 11.3 Å². The Hall–Kier alpha value is -2.86. The molecule has 160 valence electrons. The van der Waals surface area contributed by atoms with E-state index in [0.717, 1.165) is 43.6 Å². The molecule has 0 saturated carbocycles. The molecule has 0 fully saturated rings. The highest BCUT2D eigenvalue weighted by atomic mass is 32.2. The minimum Gasteiger partial charge on any atom is -0.494 e. The van der Waals surface area contributed by atoms with Crippen molar-refractivity contribution >= 4 is 55.6 Å². The number of fused-ring (bicyclic) bond motifs is 4.